The Kier molecular flexibility index (Phi) is 5.68. The van der Waals surface area contributed by atoms with Gasteiger partial charge in [0, 0.05) is 28.7 Å². The van der Waals surface area contributed by atoms with Crippen LogP contribution >= 0.6 is 0 Å². The lowest BCUT2D eigenvalue weighted by molar-refractivity contribution is 0.0955. The van der Waals surface area contributed by atoms with E-state index in [4.69, 9.17) is 4.42 Å². The van der Waals surface area contributed by atoms with Gasteiger partial charge in [-0.3, -0.25) is 4.79 Å². The van der Waals surface area contributed by atoms with E-state index in [-0.39, 0.29) is 18.0 Å². The van der Waals surface area contributed by atoms with Crippen molar-refractivity contribution in [2.24, 2.45) is 0 Å². The summed E-state index contributed by atoms with van der Waals surface area (Å²) < 4.78 is 5.91. The molecule has 0 radical (unpaired) electrons. The fraction of sp³-hybridized carbons (Fsp3) is 0.273. The highest BCUT2D eigenvalue weighted by atomic mass is 16.3. The van der Waals surface area contributed by atoms with Crippen LogP contribution in [-0.2, 0) is 0 Å². The lowest BCUT2D eigenvalue weighted by Gasteiger charge is -2.15. The molecule has 6 nitrogen and oxygen atoms in total. The number of benzene rings is 2. The Morgan fingerprint density at radius 2 is 1.86 bits per heavy atom. The van der Waals surface area contributed by atoms with Gasteiger partial charge in [0.2, 0.25) is 0 Å². The number of hydrogen-bond donors (Lipinski definition) is 3. The summed E-state index contributed by atoms with van der Waals surface area (Å²) >= 11 is 0. The third-order valence-corrected chi connectivity index (χ3v) is 4.70. The molecule has 3 amide bonds. The fourth-order valence-electron chi connectivity index (χ4n) is 3.23. The minimum absolute atomic E-state index is 0.129. The van der Waals surface area contributed by atoms with Gasteiger partial charge in [-0.1, -0.05) is 18.2 Å². The first-order valence-corrected chi connectivity index (χ1v) is 9.35. The average Bonchev–Trinajstić information content (AvgIpc) is 3.00. The molecule has 1 heterocycles. The highest BCUT2D eigenvalue weighted by molar-refractivity contribution is 5.96. The molecule has 3 aromatic rings. The van der Waals surface area contributed by atoms with Crippen LogP contribution in [0.25, 0.3) is 11.0 Å². The molecule has 0 aliphatic heterocycles. The molecule has 2 aromatic carbocycles. The maximum absolute atomic E-state index is 12.5. The Morgan fingerprint density at radius 3 is 2.54 bits per heavy atom. The van der Waals surface area contributed by atoms with E-state index in [2.05, 4.69) is 16.0 Å². The summed E-state index contributed by atoms with van der Waals surface area (Å²) in [5.74, 6) is 0.607. The zero-order chi connectivity index (χ0) is 20.3. The molecule has 0 spiro atoms. The van der Waals surface area contributed by atoms with E-state index in [0.29, 0.717) is 17.8 Å². The number of urea groups is 1. The second kappa shape index (κ2) is 8.17. The summed E-state index contributed by atoms with van der Waals surface area (Å²) in [6, 6.07) is 12.4. The van der Waals surface area contributed by atoms with Crippen molar-refractivity contribution in [1.29, 1.82) is 0 Å². The Morgan fingerprint density at radius 1 is 1.11 bits per heavy atom. The van der Waals surface area contributed by atoms with Crippen LogP contribution in [0.15, 0.2) is 46.9 Å². The van der Waals surface area contributed by atoms with Gasteiger partial charge in [0.1, 0.15) is 11.3 Å². The van der Waals surface area contributed by atoms with E-state index >= 15 is 0 Å². The zero-order valence-electron chi connectivity index (χ0n) is 16.6. The number of nitrogens with one attached hydrogen (secondary N) is 3. The largest absolute Gasteiger partial charge is 0.459 e. The van der Waals surface area contributed by atoms with Crippen molar-refractivity contribution in [2.45, 2.75) is 33.7 Å². The molecule has 0 fully saturated rings. The van der Waals surface area contributed by atoms with Gasteiger partial charge in [-0.15, -0.1) is 0 Å². The molecule has 1 aromatic heterocycles. The second-order valence-electron chi connectivity index (χ2n) is 6.80. The van der Waals surface area contributed by atoms with Crippen LogP contribution in [-0.4, -0.2) is 18.5 Å². The SMILES string of the molecule is CCNC(=O)c1ccc(NC(=O)NC(C)c2oc3ccccc3c2C)c(C)c1. The summed E-state index contributed by atoms with van der Waals surface area (Å²) in [7, 11) is 0. The molecular formula is C22H25N3O3. The molecule has 0 saturated carbocycles. The molecule has 0 bridgehead atoms. The van der Waals surface area contributed by atoms with Crippen molar-refractivity contribution in [3.8, 4) is 0 Å². The van der Waals surface area contributed by atoms with Crippen molar-refractivity contribution in [1.82, 2.24) is 10.6 Å². The smallest absolute Gasteiger partial charge is 0.319 e. The van der Waals surface area contributed by atoms with E-state index in [1.54, 1.807) is 18.2 Å². The molecular weight excluding hydrogens is 354 g/mol. The number of anilines is 1. The predicted octanol–water partition coefficient (Wildman–Crippen LogP) is 4.68. The number of aryl methyl sites for hydroxylation is 2. The first-order valence-electron chi connectivity index (χ1n) is 9.35. The van der Waals surface area contributed by atoms with Gasteiger partial charge >= 0.3 is 6.03 Å². The molecule has 0 aliphatic rings. The van der Waals surface area contributed by atoms with Crippen molar-refractivity contribution in [3.05, 3.63) is 64.9 Å². The van der Waals surface area contributed by atoms with Crippen molar-refractivity contribution in [3.63, 3.8) is 0 Å². The van der Waals surface area contributed by atoms with Gasteiger partial charge in [0.25, 0.3) is 5.91 Å². The predicted molar refractivity (Wildman–Crippen MR) is 111 cm³/mol. The van der Waals surface area contributed by atoms with Crippen LogP contribution in [0.3, 0.4) is 0 Å². The van der Waals surface area contributed by atoms with E-state index in [0.717, 1.165) is 27.9 Å². The summed E-state index contributed by atoms with van der Waals surface area (Å²) in [6.45, 7) is 8.16. The summed E-state index contributed by atoms with van der Waals surface area (Å²) in [5, 5.41) is 9.55. The average molecular weight is 379 g/mol. The molecule has 0 saturated heterocycles. The maximum atomic E-state index is 12.5. The summed E-state index contributed by atoms with van der Waals surface area (Å²) in [6.07, 6.45) is 0. The molecule has 1 unspecified atom stereocenters. The van der Waals surface area contributed by atoms with Gasteiger partial charge in [0.15, 0.2) is 0 Å². The number of furan rings is 1. The van der Waals surface area contributed by atoms with E-state index in [9.17, 15) is 9.59 Å². The number of rotatable bonds is 5. The molecule has 28 heavy (non-hydrogen) atoms. The van der Waals surface area contributed by atoms with Crippen molar-refractivity contribution in [2.75, 3.05) is 11.9 Å². The van der Waals surface area contributed by atoms with Crippen molar-refractivity contribution < 1.29 is 14.0 Å². The first kappa shape index (κ1) is 19.5. The normalized spacial score (nSPS) is 11.9. The number of hydrogen-bond acceptors (Lipinski definition) is 3. The molecule has 1 atom stereocenters. The van der Waals surface area contributed by atoms with Crippen LogP contribution in [0.4, 0.5) is 10.5 Å². The topological polar surface area (TPSA) is 83.4 Å². The van der Waals surface area contributed by atoms with Gasteiger partial charge in [-0.25, -0.2) is 4.79 Å². The Bertz CT molecular complexity index is 1020. The molecule has 0 aliphatic carbocycles. The number of carbonyl (C=O) groups excluding carboxylic acids is 2. The van der Waals surface area contributed by atoms with Crippen LogP contribution in [0.5, 0.6) is 0 Å². The summed E-state index contributed by atoms with van der Waals surface area (Å²) in [5.41, 5.74) is 3.86. The third-order valence-electron chi connectivity index (χ3n) is 4.70. The third kappa shape index (κ3) is 4.01. The Hall–Kier alpha value is -3.28. The number of fused-ring (bicyclic) bond motifs is 1. The van der Waals surface area contributed by atoms with E-state index in [1.165, 1.54) is 0 Å². The fourth-order valence-corrected chi connectivity index (χ4v) is 3.23. The highest BCUT2D eigenvalue weighted by Gasteiger charge is 2.18. The van der Waals surface area contributed by atoms with Crippen LogP contribution < -0.4 is 16.0 Å². The lowest BCUT2D eigenvalue weighted by atomic mass is 10.1. The first-order chi connectivity index (χ1) is 13.4. The second-order valence-corrected chi connectivity index (χ2v) is 6.80. The molecule has 3 N–H and O–H groups in total. The van der Waals surface area contributed by atoms with Gasteiger partial charge in [-0.05, 0) is 57.5 Å². The maximum Gasteiger partial charge on any atom is 0.319 e. The zero-order valence-corrected chi connectivity index (χ0v) is 16.6. The Balaban J connectivity index is 1.69. The summed E-state index contributed by atoms with van der Waals surface area (Å²) in [4.78, 5) is 24.4. The quantitative estimate of drug-likeness (QED) is 0.602. The monoisotopic (exact) mass is 379 g/mol. The number of amides is 3. The standard InChI is InChI=1S/C22H25N3O3/c1-5-23-21(26)16-10-11-18(13(2)12-16)25-22(27)24-15(4)20-14(3)17-8-6-7-9-19(17)28-20/h6-12,15H,5H2,1-4H3,(H,23,26)(H2,24,25,27). The molecule has 3 rings (SSSR count). The highest BCUT2D eigenvalue weighted by Crippen LogP contribution is 2.29. The minimum atomic E-state index is -0.332. The molecule has 146 valence electrons. The van der Waals surface area contributed by atoms with Gasteiger partial charge in [0.05, 0.1) is 6.04 Å². The number of para-hydroxylation sites is 1. The Labute approximate surface area is 164 Å². The lowest BCUT2D eigenvalue weighted by Crippen LogP contribution is -2.31. The van der Waals surface area contributed by atoms with Crippen LogP contribution in [0, 0.1) is 13.8 Å². The van der Waals surface area contributed by atoms with E-state index < -0.39 is 0 Å². The van der Waals surface area contributed by atoms with Crippen LogP contribution in [0.2, 0.25) is 0 Å². The van der Waals surface area contributed by atoms with Crippen LogP contribution in [0.1, 0.15) is 47.1 Å². The van der Waals surface area contributed by atoms with Gasteiger partial charge in [-0.2, -0.15) is 0 Å². The van der Waals surface area contributed by atoms with Gasteiger partial charge < -0.3 is 20.4 Å². The van der Waals surface area contributed by atoms with Crippen molar-refractivity contribution >= 4 is 28.6 Å². The molecule has 6 heteroatoms. The van der Waals surface area contributed by atoms with E-state index in [1.807, 2.05) is 52.0 Å². The minimum Gasteiger partial charge on any atom is -0.459 e. The number of carbonyl (C=O) groups is 2.